The Balaban J connectivity index is 3.44. The number of hydrogen-bond acceptors (Lipinski definition) is 1. The van der Waals surface area contributed by atoms with Gasteiger partial charge in [0.25, 0.3) is 0 Å². The van der Waals surface area contributed by atoms with Gasteiger partial charge in [0.05, 0.1) is 0 Å². The van der Waals surface area contributed by atoms with Gasteiger partial charge in [0.15, 0.2) is 0 Å². The Hall–Kier alpha value is -0.590. The van der Waals surface area contributed by atoms with Gasteiger partial charge in [0.1, 0.15) is 0 Å². The second-order valence-electron chi connectivity index (χ2n) is 1.93. The highest BCUT2D eigenvalue weighted by Gasteiger charge is 1.81. The Morgan fingerprint density at radius 1 is 1.62 bits per heavy atom. The van der Waals surface area contributed by atoms with Crippen LogP contribution in [0.15, 0.2) is 11.6 Å². The smallest absolute Gasteiger partial charge is 0.0177 e. The minimum atomic E-state index is 1.12. The maximum atomic E-state index is 6.71. The summed E-state index contributed by atoms with van der Waals surface area (Å²) in [6, 6.07) is 0. The number of rotatable bonds is 3. The van der Waals surface area contributed by atoms with Crippen molar-refractivity contribution in [2.45, 2.75) is 26.7 Å². The normalized spacial score (nSPS) is 11.5. The third-order valence-corrected chi connectivity index (χ3v) is 1.01. The Morgan fingerprint density at radius 3 is 2.62 bits per heavy atom. The summed E-state index contributed by atoms with van der Waals surface area (Å²) in [5, 5.41) is 6.71. The SMILES string of the molecule is CCC/C(C)=C/C=N. The summed E-state index contributed by atoms with van der Waals surface area (Å²) in [5.74, 6) is 0. The summed E-state index contributed by atoms with van der Waals surface area (Å²) < 4.78 is 0. The summed E-state index contributed by atoms with van der Waals surface area (Å²) in [4.78, 5) is 0. The standard InChI is InChI=1S/C7H13N/c1-3-4-7(2)5-6-8/h5-6,8H,3-4H2,1-2H3/b7-5+,8-6?. The molecule has 0 aromatic heterocycles. The second kappa shape index (κ2) is 4.57. The summed E-state index contributed by atoms with van der Waals surface area (Å²) >= 11 is 0. The molecule has 0 atom stereocenters. The predicted octanol–water partition coefficient (Wildman–Crippen LogP) is 2.38. The van der Waals surface area contributed by atoms with Crippen LogP contribution >= 0.6 is 0 Å². The topological polar surface area (TPSA) is 23.9 Å². The summed E-state index contributed by atoms with van der Waals surface area (Å²) in [5.41, 5.74) is 1.29. The molecule has 0 aliphatic heterocycles. The molecule has 0 aromatic rings. The van der Waals surface area contributed by atoms with Gasteiger partial charge in [0, 0.05) is 6.21 Å². The minimum Gasteiger partial charge on any atom is -0.309 e. The molecule has 1 nitrogen and oxygen atoms in total. The van der Waals surface area contributed by atoms with E-state index >= 15 is 0 Å². The van der Waals surface area contributed by atoms with Crippen molar-refractivity contribution in [2.75, 3.05) is 0 Å². The van der Waals surface area contributed by atoms with Crippen molar-refractivity contribution in [2.24, 2.45) is 0 Å². The van der Waals surface area contributed by atoms with Gasteiger partial charge >= 0.3 is 0 Å². The summed E-state index contributed by atoms with van der Waals surface area (Å²) in [7, 11) is 0. The lowest BCUT2D eigenvalue weighted by Crippen LogP contribution is -1.73. The third kappa shape index (κ3) is 3.59. The zero-order chi connectivity index (χ0) is 6.41. The van der Waals surface area contributed by atoms with E-state index < -0.39 is 0 Å². The Morgan fingerprint density at radius 2 is 2.25 bits per heavy atom. The maximum Gasteiger partial charge on any atom is 0.0177 e. The van der Waals surface area contributed by atoms with E-state index in [1.807, 2.05) is 6.08 Å². The molecule has 0 aromatic carbocycles. The highest BCUT2D eigenvalue weighted by molar-refractivity contribution is 5.68. The van der Waals surface area contributed by atoms with Crippen LogP contribution in [0.25, 0.3) is 0 Å². The lowest BCUT2D eigenvalue weighted by molar-refractivity contribution is 0.907. The summed E-state index contributed by atoms with van der Waals surface area (Å²) in [6.45, 7) is 4.19. The Bertz CT molecular complexity index is 92.6. The zero-order valence-corrected chi connectivity index (χ0v) is 5.57. The molecule has 8 heavy (non-hydrogen) atoms. The van der Waals surface area contributed by atoms with Crippen LogP contribution in [0.2, 0.25) is 0 Å². The molecule has 1 N–H and O–H groups in total. The molecule has 0 aliphatic rings. The van der Waals surface area contributed by atoms with E-state index in [2.05, 4.69) is 13.8 Å². The van der Waals surface area contributed by atoms with Crippen LogP contribution in [0.1, 0.15) is 26.7 Å². The first-order valence-corrected chi connectivity index (χ1v) is 2.97. The molecule has 0 amide bonds. The van der Waals surface area contributed by atoms with Gasteiger partial charge < -0.3 is 5.41 Å². The molecule has 0 fully saturated rings. The van der Waals surface area contributed by atoms with E-state index in [0.717, 1.165) is 6.42 Å². The molecular formula is C7H13N. The van der Waals surface area contributed by atoms with Gasteiger partial charge in [-0.15, -0.1) is 0 Å². The van der Waals surface area contributed by atoms with E-state index in [1.165, 1.54) is 18.2 Å². The lowest BCUT2D eigenvalue weighted by Gasteiger charge is -1.91. The van der Waals surface area contributed by atoms with Crippen molar-refractivity contribution >= 4 is 6.21 Å². The van der Waals surface area contributed by atoms with Crippen molar-refractivity contribution in [1.29, 1.82) is 5.41 Å². The number of nitrogens with one attached hydrogen (secondary N) is 1. The Kier molecular flexibility index (Phi) is 4.23. The monoisotopic (exact) mass is 111 g/mol. The average molecular weight is 111 g/mol. The van der Waals surface area contributed by atoms with Crippen LogP contribution in [0.3, 0.4) is 0 Å². The van der Waals surface area contributed by atoms with Gasteiger partial charge in [-0.1, -0.05) is 18.9 Å². The van der Waals surface area contributed by atoms with Crippen molar-refractivity contribution in [3.63, 3.8) is 0 Å². The van der Waals surface area contributed by atoms with Crippen molar-refractivity contribution in [3.05, 3.63) is 11.6 Å². The summed E-state index contributed by atoms with van der Waals surface area (Å²) in [6.07, 6.45) is 5.47. The first kappa shape index (κ1) is 7.41. The average Bonchev–Trinajstić information content (AvgIpc) is 1.68. The number of allylic oxidation sites excluding steroid dienone is 2. The maximum absolute atomic E-state index is 6.71. The zero-order valence-electron chi connectivity index (χ0n) is 5.57. The van der Waals surface area contributed by atoms with E-state index in [9.17, 15) is 0 Å². The van der Waals surface area contributed by atoms with Crippen LogP contribution in [0.5, 0.6) is 0 Å². The van der Waals surface area contributed by atoms with Crippen LogP contribution < -0.4 is 0 Å². The van der Waals surface area contributed by atoms with E-state index in [1.54, 1.807) is 0 Å². The third-order valence-electron chi connectivity index (χ3n) is 1.01. The molecule has 0 rings (SSSR count). The van der Waals surface area contributed by atoms with Gasteiger partial charge in [-0.25, -0.2) is 0 Å². The number of hydrogen-bond donors (Lipinski definition) is 1. The second-order valence-corrected chi connectivity index (χ2v) is 1.93. The van der Waals surface area contributed by atoms with Crippen LogP contribution in [0, 0.1) is 5.41 Å². The quantitative estimate of drug-likeness (QED) is 0.541. The highest BCUT2D eigenvalue weighted by atomic mass is 14.3. The molecule has 1 heteroatoms. The molecule has 0 saturated heterocycles. The van der Waals surface area contributed by atoms with Crippen molar-refractivity contribution < 1.29 is 0 Å². The molecule has 0 saturated carbocycles. The molecule has 0 heterocycles. The molecule has 0 spiro atoms. The Labute approximate surface area is 50.9 Å². The van der Waals surface area contributed by atoms with Crippen LogP contribution in [0.4, 0.5) is 0 Å². The fourth-order valence-corrected chi connectivity index (χ4v) is 0.620. The van der Waals surface area contributed by atoms with Gasteiger partial charge in [-0.3, -0.25) is 0 Å². The van der Waals surface area contributed by atoms with E-state index in [-0.39, 0.29) is 0 Å². The van der Waals surface area contributed by atoms with E-state index in [4.69, 9.17) is 5.41 Å². The first-order chi connectivity index (χ1) is 3.81. The van der Waals surface area contributed by atoms with Gasteiger partial charge in [-0.05, 0) is 19.4 Å². The van der Waals surface area contributed by atoms with E-state index in [0.29, 0.717) is 0 Å². The van der Waals surface area contributed by atoms with Crippen LogP contribution in [-0.4, -0.2) is 6.21 Å². The fourth-order valence-electron chi connectivity index (χ4n) is 0.620. The molecule has 0 radical (unpaired) electrons. The molecular weight excluding hydrogens is 98.1 g/mol. The lowest BCUT2D eigenvalue weighted by atomic mass is 10.2. The largest absolute Gasteiger partial charge is 0.309 e. The molecule has 46 valence electrons. The molecule has 0 bridgehead atoms. The minimum absolute atomic E-state index is 1.12. The predicted molar refractivity (Wildman–Crippen MR) is 37.4 cm³/mol. The van der Waals surface area contributed by atoms with Crippen LogP contribution in [-0.2, 0) is 0 Å². The van der Waals surface area contributed by atoms with Crippen molar-refractivity contribution in [1.82, 2.24) is 0 Å². The highest BCUT2D eigenvalue weighted by Crippen LogP contribution is 2.00. The van der Waals surface area contributed by atoms with Crippen molar-refractivity contribution in [3.8, 4) is 0 Å². The fraction of sp³-hybridized carbons (Fsp3) is 0.571. The molecule has 0 aliphatic carbocycles. The van der Waals surface area contributed by atoms with Gasteiger partial charge in [-0.2, -0.15) is 0 Å². The molecule has 0 unspecified atom stereocenters. The van der Waals surface area contributed by atoms with Gasteiger partial charge in [0.2, 0.25) is 0 Å². The first-order valence-electron chi connectivity index (χ1n) is 2.97.